The first-order valence-electron chi connectivity index (χ1n) is 8.91. The van der Waals surface area contributed by atoms with Crippen LogP contribution in [0.2, 0.25) is 0 Å². The van der Waals surface area contributed by atoms with Crippen molar-refractivity contribution in [1.82, 2.24) is 15.0 Å². The number of nitrogens with zero attached hydrogens (tertiary/aromatic N) is 3. The number of hydrogen-bond acceptors (Lipinski definition) is 5. The highest BCUT2D eigenvalue weighted by Gasteiger charge is 2.16. The van der Waals surface area contributed by atoms with Crippen LogP contribution < -0.4 is 10.1 Å². The molecule has 1 atom stereocenters. The van der Waals surface area contributed by atoms with Crippen LogP contribution in [-0.2, 0) is 4.74 Å². The van der Waals surface area contributed by atoms with Crippen LogP contribution in [0.1, 0.15) is 23.3 Å². The molecule has 3 aromatic rings. The molecule has 1 amide bonds. The number of hydrogen-bond donors (Lipinski definition) is 1. The molecular formula is C20H20N4O3. The smallest absolute Gasteiger partial charge is 0.277 e. The fraction of sp³-hybridized carbons (Fsp3) is 0.250. The molecule has 1 aromatic heterocycles. The number of anilines is 1. The Morgan fingerprint density at radius 1 is 1.22 bits per heavy atom. The molecule has 0 aliphatic carbocycles. The second-order valence-electron chi connectivity index (χ2n) is 6.28. The third-order valence-corrected chi connectivity index (χ3v) is 4.26. The molecule has 1 fully saturated rings. The third kappa shape index (κ3) is 4.32. The Labute approximate surface area is 156 Å². The average molecular weight is 364 g/mol. The molecule has 0 radical (unpaired) electrons. The van der Waals surface area contributed by atoms with Crippen LogP contribution in [0, 0.1) is 0 Å². The van der Waals surface area contributed by atoms with Crippen molar-refractivity contribution in [3.05, 3.63) is 66.5 Å². The van der Waals surface area contributed by atoms with Gasteiger partial charge in [0.2, 0.25) is 0 Å². The predicted octanol–water partition coefficient (Wildman–Crippen LogP) is 3.08. The summed E-state index contributed by atoms with van der Waals surface area (Å²) in [5.74, 6) is 0.365. The predicted molar refractivity (Wildman–Crippen MR) is 100 cm³/mol. The molecule has 7 nitrogen and oxygen atoms in total. The van der Waals surface area contributed by atoms with Gasteiger partial charge in [0, 0.05) is 18.4 Å². The number of carbonyl (C=O) groups excluding carboxylic acids is 1. The number of rotatable bonds is 6. The lowest BCUT2D eigenvalue weighted by Crippen LogP contribution is -2.16. The maximum atomic E-state index is 12.4. The van der Waals surface area contributed by atoms with Gasteiger partial charge >= 0.3 is 0 Å². The molecule has 1 aliphatic rings. The lowest BCUT2D eigenvalue weighted by molar-refractivity contribution is 0.0680. The number of para-hydroxylation sites is 1. The number of aromatic nitrogens is 3. The van der Waals surface area contributed by atoms with E-state index < -0.39 is 0 Å². The van der Waals surface area contributed by atoms with Gasteiger partial charge in [0.1, 0.15) is 12.4 Å². The molecule has 2 heterocycles. The van der Waals surface area contributed by atoms with Gasteiger partial charge in [-0.2, -0.15) is 9.90 Å². The van der Waals surface area contributed by atoms with E-state index in [4.69, 9.17) is 9.47 Å². The van der Waals surface area contributed by atoms with E-state index >= 15 is 0 Å². The molecule has 7 heteroatoms. The van der Waals surface area contributed by atoms with Crippen molar-refractivity contribution in [2.45, 2.75) is 18.9 Å². The molecule has 1 saturated heterocycles. The van der Waals surface area contributed by atoms with Gasteiger partial charge in [-0.15, -0.1) is 5.10 Å². The fourth-order valence-corrected chi connectivity index (χ4v) is 2.88. The van der Waals surface area contributed by atoms with Gasteiger partial charge in [-0.3, -0.25) is 4.79 Å². The number of carbonyl (C=O) groups is 1. The first-order valence-corrected chi connectivity index (χ1v) is 8.91. The maximum Gasteiger partial charge on any atom is 0.277 e. The zero-order valence-corrected chi connectivity index (χ0v) is 14.7. The van der Waals surface area contributed by atoms with Crippen molar-refractivity contribution in [1.29, 1.82) is 0 Å². The average Bonchev–Trinajstić information content (AvgIpc) is 3.39. The normalized spacial score (nSPS) is 16.2. The Morgan fingerprint density at radius 3 is 2.93 bits per heavy atom. The van der Waals surface area contributed by atoms with Gasteiger partial charge in [0.15, 0.2) is 5.69 Å². The molecule has 1 aliphatic heterocycles. The highest BCUT2D eigenvalue weighted by Crippen LogP contribution is 2.20. The summed E-state index contributed by atoms with van der Waals surface area (Å²) in [5, 5.41) is 11.2. The van der Waals surface area contributed by atoms with E-state index in [1.54, 1.807) is 12.1 Å². The van der Waals surface area contributed by atoms with Crippen LogP contribution in [0.4, 0.5) is 5.69 Å². The van der Waals surface area contributed by atoms with Crippen molar-refractivity contribution in [3.63, 3.8) is 0 Å². The summed E-state index contributed by atoms with van der Waals surface area (Å²) in [5.41, 5.74) is 1.67. The number of benzene rings is 2. The van der Waals surface area contributed by atoms with Crippen LogP contribution in [0.3, 0.4) is 0 Å². The highest BCUT2D eigenvalue weighted by atomic mass is 16.5. The molecule has 0 bridgehead atoms. The summed E-state index contributed by atoms with van der Waals surface area (Å²) in [6.07, 6.45) is 3.69. The Morgan fingerprint density at radius 2 is 2.11 bits per heavy atom. The summed E-state index contributed by atoms with van der Waals surface area (Å²) in [6, 6.07) is 16.7. The van der Waals surface area contributed by atoms with E-state index in [9.17, 15) is 4.79 Å². The van der Waals surface area contributed by atoms with Crippen molar-refractivity contribution < 1.29 is 14.3 Å². The van der Waals surface area contributed by atoms with E-state index in [0.717, 1.165) is 25.1 Å². The summed E-state index contributed by atoms with van der Waals surface area (Å²) in [6.45, 7) is 1.32. The summed E-state index contributed by atoms with van der Waals surface area (Å²) < 4.78 is 11.3. The Bertz CT molecular complexity index is 904. The number of ether oxygens (including phenoxy) is 2. The molecule has 1 unspecified atom stereocenters. The van der Waals surface area contributed by atoms with Crippen molar-refractivity contribution in [2.24, 2.45) is 0 Å². The van der Waals surface area contributed by atoms with E-state index in [-0.39, 0.29) is 17.7 Å². The van der Waals surface area contributed by atoms with Gasteiger partial charge in [-0.1, -0.05) is 24.3 Å². The standard InChI is InChI=1S/C20H20N4O3/c25-20(19-13-21-24(23-19)16-7-2-1-3-8-16)22-15-6-4-9-17(12-15)27-14-18-10-5-11-26-18/h1-4,6-9,12-13,18H,5,10-11,14H2,(H,22,25). The lowest BCUT2D eigenvalue weighted by atomic mass is 10.2. The topological polar surface area (TPSA) is 78.3 Å². The van der Waals surface area contributed by atoms with Gasteiger partial charge in [0.25, 0.3) is 5.91 Å². The minimum Gasteiger partial charge on any atom is -0.491 e. The number of amides is 1. The highest BCUT2D eigenvalue weighted by molar-refractivity contribution is 6.02. The fourth-order valence-electron chi connectivity index (χ4n) is 2.88. The summed E-state index contributed by atoms with van der Waals surface area (Å²) in [4.78, 5) is 13.9. The van der Waals surface area contributed by atoms with Crippen LogP contribution in [0.25, 0.3) is 5.69 Å². The second kappa shape index (κ2) is 8.01. The SMILES string of the molecule is O=C(Nc1cccc(OCC2CCCO2)c1)c1cnn(-c2ccccc2)n1. The Balaban J connectivity index is 1.39. The molecule has 138 valence electrons. The van der Waals surface area contributed by atoms with Crippen molar-refractivity contribution in [2.75, 3.05) is 18.5 Å². The molecular weight excluding hydrogens is 344 g/mol. The molecule has 2 aromatic carbocycles. The zero-order chi connectivity index (χ0) is 18.5. The van der Waals surface area contributed by atoms with Crippen molar-refractivity contribution >= 4 is 11.6 Å². The summed E-state index contributed by atoms with van der Waals surface area (Å²) >= 11 is 0. The molecule has 1 N–H and O–H groups in total. The third-order valence-electron chi connectivity index (χ3n) is 4.26. The largest absolute Gasteiger partial charge is 0.491 e. The minimum absolute atomic E-state index is 0.149. The minimum atomic E-state index is -0.326. The molecule has 4 rings (SSSR count). The first kappa shape index (κ1) is 17.2. The van der Waals surface area contributed by atoms with Crippen molar-refractivity contribution in [3.8, 4) is 11.4 Å². The lowest BCUT2D eigenvalue weighted by Gasteiger charge is -2.12. The van der Waals surface area contributed by atoms with Gasteiger partial charge in [0.05, 0.1) is 18.0 Å². The monoisotopic (exact) mass is 364 g/mol. The molecule has 0 saturated carbocycles. The quantitative estimate of drug-likeness (QED) is 0.727. The van der Waals surface area contributed by atoms with Crippen LogP contribution in [0.15, 0.2) is 60.8 Å². The van der Waals surface area contributed by atoms with Gasteiger partial charge in [-0.05, 0) is 37.1 Å². The van der Waals surface area contributed by atoms with Crippen LogP contribution in [0.5, 0.6) is 5.75 Å². The Kier molecular flexibility index (Phi) is 5.11. The van der Waals surface area contributed by atoms with E-state index in [1.807, 2.05) is 42.5 Å². The van der Waals surface area contributed by atoms with Gasteiger partial charge in [-0.25, -0.2) is 0 Å². The van der Waals surface area contributed by atoms with Crippen LogP contribution >= 0.6 is 0 Å². The van der Waals surface area contributed by atoms with Crippen LogP contribution in [-0.4, -0.2) is 40.2 Å². The second-order valence-corrected chi connectivity index (χ2v) is 6.28. The maximum absolute atomic E-state index is 12.4. The van der Waals surface area contributed by atoms with Gasteiger partial charge < -0.3 is 14.8 Å². The molecule has 27 heavy (non-hydrogen) atoms. The first-order chi connectivity index (χ1) is 13.3. The summed E-state index contributed by atoms with van der Waals surface area (Å²) in [7, 11) is 0. The number of nitrogens with one attached hydrogen (secondary N) is 1. The zero-order valence-electron chi connectivity index (χ0n) is 14.7. The Hall–Kier alpha value is -3.19. The van der Waals surface area contributed by atoms with E-state index in [1.165, 1.54) is 11.0 Å². The van der Waals surface area contributed by atoms with E-state index in [2.05, 4.69) is 15.5 Å². The van der Waals surface area contributed by atoms with E-state index in [0.29, 0.717) is 18.0 Å². The molecule has 0 spiro atoms.